The molecule has 4 nitrogen and oxygen atoms in total. The van der Waals surface area contributed by atoms with Crippen molar-refractivity contribution in [3.05, 3.63) is 28.5 Å². The highest BCUT2D eigenvalue weighted by Crippen LogP contribution is 2.29. The molecule has 1 saturated heterocycles. The molecule has 0 radical (unpaired) electrons. The van der Waals surface area contributed by atoms with Gasteiger partial charge in [0, 0.05) is 16.7 Å². The lowest BCUT2D eigenvalue weighted by molar-refractivity contribution is -0.147. The Morgan fingerprint density at radius 3 is 2.94 bits per heavy atom. The van der Waals surface area contributed by atoms with Crippen LogP contribution in [0.2, 0.25) is 0 Å². The minimum absolute atomic E-state index is 0.0911. The molecule has 2 atom stereocenters. The van der Waals surface area contributed by atoms with Crippen LogP contribution in [0.3, 0.4) is 0 Å². The SMILES string of the molecule is CC1SCC(C(=O)O)N1C(=O)C=Cc1cccs1. The van der Waals surface area contributed by atoms with E-state index in [1.807, 2.05) is 24.4 Å². The summed E-state index contributed by atoms with van der Waals surface area (Å²) in [6, 6.07) is 3.10. The molecule has 1 fully saturated rings. The summed E-state index contributed by atoms with van der Waals surface area (Å²) >= 11 is 3.02. The highest BCUT2D eigenvalue weighted by atomic mass is 32.2. The summed E-state index contributed by atoms with van der Waals surface area (Å²) in [7, 11) is 0. The molecule has 0 aromatic carbocycles. The molecule has 1 amide bonds. The van der Waals surface area contributed by atoms with E-state index in [1.165, 1.54) is 34.1 Å². The van der Waals surface area contributed by atoms with Gasteiger partial charge in [0.1, 0.15) is 6.04 Å². The maximum atomic E-state index is 12.0. The third-order valence-corrected chi connectivity index (χ3v) is 4.75. The number of hydrogen-bond donors (Lipinski definition) is 1. The number of carbonyl (C=O) groups is 2. The van der Waals surface area contributed by atoms with Gasteiger partial charge in [0.15, 0.2) is 0 Å². The molecular formula is C12H13NO3S2. The number of carboxylic acid groups (broad SMARTS) is 1. The number of nitrogens with zero attached hydrogens (tertiary/aromatic N) is 1. The van der Waals surface area contributed by atoms with Crippen LogP contribution in [0, 0.1) is 0 Å². The van der Waals surface area contributed by atoms with Crippen LogP contribution in [0.25, 0.3) is 6.08 Å². The molecule has 96 valence electrons. The topological polar surface area (TPSA) is 57.6 Å². The Morgan fingerprint density at radius 1 is 1.56 bits per heavy atom. The van der Waals surface area contributed by atoms with Crippen molar-refractivity contribution in [3.63, 3.8) is 0 Å². The largest absolute Gasteiger partial charge is 0.480 e. The standard InChI is InChI=1S/C12H13NO3S2/c1-8-13(10(7-18-8)12(15)16)11(14)5-4-9-3-2-6-17-9/h2-6,8,10H,7H2,1H3,(H,15,16). The number of rotatable bonds is 3. The van der Waals surface area contributed by atoms with Crippen molar-refractivity contribution in [1.82, 2.24) is 4.90 Å². The molecule has 2 unspecified atom stereocenters. The second kappa shape index (κ2) is 5.58. The van der Waals surface area contributed by atoms with Gasteiger partial charge in [0.25, 0.3) is 0 Å². The zero-order valence-electron chi connectivity index (χ0n) is 9.78. The van der Waals surface area contributed by atoms with Crippen LogP contribution in [-0.4, -0.2) is 39.1 Å². The number of hydrogen-bond acceptors (Lipinski definition) is 4. The number of carboxylic acids is 1. The summed E-state index contributed by atoms with van der Waals surface area (Å²) in [5, 5.41) is 10.9. The molecule has 0 bridgehead atoms. The van der Waals surface area contributed by atoms with E-state index < -0.39 is 12.0 Å². The average molecular weight is 283 g/mol. The van der Waals surface area contributed by atoms with Crippen LogP contribution in [0.5, 0.6) is 0 Å². The molecule has 0 saturated carbocycles. The number of thiophene rings is 1. The Balaban J connectivity index is 2.09. The maximum absolute atomic E-state index is 12.0. The first-order valence-corrected chi connectivity index (χ1v) is 7.40. The zero-order valence-corrected chi connectivity index (χ0v) is 11.4. The second-order valence-electron chi connectivity index (χ2n) is 3.88. The summed E-state index contributed by atoms with van der Waals surface area (Å²) in [4.78, 5) is 25.5. The normalized spacial score (nSPS) is 23.7. The lowest BCUT2D eigenvalue weighted by Crippen LogP contribution is -2.43. The first-order chi connectivity index (χ1) is 8.59. The lowest BCUT2D eigenvalue weighted by atomic mass is 10.2. The maximum Gasteiger partial charge on any atom is 0.327 e. The van der Waals surface area contributed by atoms with Gasteiger partial charge in [-0.15, -0.1) is 23.1 Å². The van der Waals surface area contributed by atoms with Gasteiger partial charge < -0.3 is 10.0 Å². The van der Waals surface area contributed by atoms with Crippen molar-refractivity contribution in [2.24, 2.45) is 0 Å². The molecule has 1 aliphatic heterocycles. The van der Waals surface area contributed by atoms with E-state index in [1.54, 1.807) is 6.08 Å². The number of carbonyl (C=O) groups excluding carboxylic acids is 1. The van der Waals surface area contributed by atoms with Gasteiger partial charge in [-0.1, -0.05) is 6.07 Å². The molecule has 0 aliphatic carbocycles. The van der Waals surface area contributed by atoms with Gasteiger partial charge in [-0.2, -0.15) is 0 Å². The van der Waals surface area contributed by atoms with E-state index in [2.05, 4.69) is 0 Å². The van der Waals surface area contributed by atoms with Crippen LogP contribution in [0.4, 0.5) is 0 Å². The van der Waals surface area contributed by atoms with E-state index in [0.29, 0.717) is 5.75 Å². The third kappa shape index (κ3) is 2.76. The molecule has 6 heteroatoms. The van der Waals surface area contributed by atoms with Gasteiger partial charge in [0.2, 0.25) is 5.91 Å². The summed E-state index contributed by atoms with van der Waals surface area (Å²) < 4.78 is 0. The zero-order chi connectivity index (χ0) is 13.1. The minimum Gasteiger partial charge on any atom is -0.480 e. The highest BCUT2D eigenvalue weighted by Gasteiger charge is 2.38. The third-order valence-electron chi connectivity index (χ3n) is 2.70. The van der Waals surface area contributed by atoms with Crippen molar-refractivity contribution < 1.29 is 14.7 Å². The Hall–Kier alpha value is -1.27. The fourth-order valence-corrected chi connectivity index (χ4v) is 3.59. The van der Waals surface area contributed by atoms with Crippen LogP contribution < -0.4 is 0 Å². The van der Waals surface area contributed by atoms with Gasteiger partial charge in [-0.05, 0) is 24.4 Å². The molecule has 18 heavy (non-hydrogen) atoms. The van der Waals surface area contributed by atoms with Crippen LogP contribution in [0.1, 0.15) is 11.8 Å². The first kappa shape index (κ1) is 13.2. The molecule has 2 rings (SSSR count). The molecule has 1 aromatic heterocycles. The second-order valence-corrected chi connectivity index (χ2v) is 6.21. The van der Waals surface area contributed by atoms with Gasteiger partial charge in [-0.25, -0.2) is 4.79 Å². The van der Waals surface area contributed by atoms with Gasteiger partial charge >= 0.3 is 5.97 Å². The van der Waals surface area contributed by atoms with E-state index >= 15 is 0 Å². The number of thioether (sulfide) groups is 1. The molecule has 1 aliphatic rings. The van der Waals surface area contributed by atoms with E-state index in [0.717, 1.165) is 4.88 Å². The lowest BCUT2D eigenvalue weighted by Gasteiger charge is -2.23. The summed E-state index contributed by atoms with van der Waals surface area (Å²) in [6.07, 6.45) is 3.17. The smallest absolute Gasteiger partial charge is 0.327 e. The Bertz CT molecular complexity index is 470. The fourth-order valence-electron chi connectivity index (χ4n) is 1.79. The van der Waals surface area contributed by atoms with E-state index in [-0.39, 0.29) is 11.3 Å². The van der Waals surface area contributed by atoms with E-state index in [4.69, 9.17) is 5.11 Å². The van der Waals surface area contributed by atoms with Crippen molar-refractivity contribution >= 4 is 41.1 Å². The van der Waals surface area contributed by atoms with Gasteiger partial charge in [-0.3, -0.25) is 4.79 Å². The number of amides is 1. The first-order valence-electron chi connectivity index (χ1n) is 5.48. The predicted octanol–water partition coefficient (Wildman–Crippen LogP) is 2.14. The van der Waals surface area contributed by atoms with Crippen molar-refractivity contribution in [1.29, 1.82) is 0 Å². The summed E-state index contributed by atoms with van der Waals surface area (Å²) in [5.41, 5.74) is 0. The Labute approximate surface area is 113 Å². The average Bonchev–Trinajstić information content (AvgIpc) is 2.94. The number of aliphatic carboxylic acids is 1. The van der Waals surface area contributed by atoms with Gasteiger partial charge in [0.05, 0.1) is 5.37 Å². The Morgan fingerprint density at radius 2 is 2.33 bits per heavy atom. The van der Waals surface area contributed by atoms with Crippen molar-refractivity contribution in [2.45, 2.75) is 18.3 Å². The Kier molecular flexibility index (Phi) is 4.08. The predicted molar refractivity (Wildman–Crippen MR) is 73.5 cm³/mol. The summed E-state index contributed by atoms with van der Waals surface area (Å²) in [6.45, 7) is 1.85. The molecule has 1 aromatic rings. The van der Waals surface area contributed by atoms with Crippen LogP contribution in [-0.2, 0) is 9.59 Å². The molecular weight excluding hydrogens is 270 g/mol. The monoisotopic (exact) mass is 283 g/mol. The van der Waals surface area contributed by atoms with Crippen LogP contribution >= 0.6 is 23.1 Å². The van der Waals surface area contributed by atoms with E-state index in [9.17, 15) is 9.59 Å². The quantitative estimate of drug-likeness (QED) is 0.863. The van der Waals surface area contributed by atoms with Crippen molar-refractivity contribution in [2.75, 3.05) is 5.75 Å². The summed E-state index contributed by atoms with van der Waals surface area (Å²) in [5.74, 6) is -0.729. The van der Waals surface area contributed by atoms with Crippen LogP contribution in [0.15, 0.2) is 23.6 Å². The van der Waals surface area contributed by atoms with Crippen molar-refractivity contribution in [3.8, 4) is 0 Å². The molecule has 2 heterocycles. The highest BCUT2D eigenvalue weighted by molar-refractivity contribution is 8.00. The minimum atomic E-state index is -0.940. The molecule has 0 spiro atoms. The molecule has 1 N–H and O–H groups in total. The fraction of sp³-hybridized carbons (Fsp3) is 0.333.